The van der Waals surface area contributed by atoms with Gasteiger partial charge in [-0.1, -0.05) is 24.3 Å². The van der Waals surface area contributed by atoms with Gasteiger partial charge in [0.25, 0.3) is 0 Å². The molecule has 0 saturated carbocycles. The summed E-state index contributed by atoms with van der Waals surface area (Å²) >= 11 is 0. The Labute approximate surface area is 115 Å². The molecule has 3 rings (SSSR count). The molecule has 1 aliphatic carbocycles. The summed E-state index contributed by atoms with van der Waals surface area (Å²) in [4.78, 5) is 14.0. The molecule has 1 unspecified atom stereocenters. The Hall–Kier alpha value is -1.35. The highest BCUT2D eigenvalue weighted by Gasteiger charge is 2.25. The topological polar surface area (TPSA) is 32.3 Å². The van der Waals surface area contributed by atoms with E-state index in [9.17, 15) is 4.79 Å². The summed E-state index contributed by atoms with van der Waals surface area (Å²) in [7, 11) is 0. The van der Waals surface area contributed by atoms with Crippen LogP contribution in [0.15, 0.2) is 24.3 Å². The predicted octanol–water partition coefficient (Wildman–Crippen LogP) is 1.93. The lowest BCUT2D eigenvalue weighted by Crippen LogP contribution is -2.42. The zero-order chi connectivity index (χ0) is 13.1. The molecule has 1 heterocycles. The molecule has 2 aliphatic rings. The number of piperidine rings is 1. The Bertz CT molecular complexity index is 452. The molecule has 3 heteroatoms. The van der Waals surface area contributed by atoms with Gasteiger partial charge in [-0.2, -0.15) is 0 Å². The first kappa shape index (κ1) is 12.7. The van der Waals surface area contributed by atoms with Crippen molar-refractivity contribution in [1.29, 1.82) is 0 Å². The van der Waals surface area contributed by atoms with Gasteiger partial charge in [0.1, 0.15) is 0 Å². The predicted molar refractivity (Wildman–Crippen MR) is 76.2 cm³/mol. The van der Waals surface area contributed by atoms with Crippen LogP contribution in [0.2, 0.25) is 0 Å². The number of hydrogen-bond donors (Lipinski definition) is 1. The van der Waals surface area contributed by atoms with Crippen LogP contribution < -0.4 is 5.32 Å². The second-order valence-corrected chi connectivity index (χ2v) is 5.67. The Balaban J connectivity index is 1.41. The van der Waals surface area contributed by atoms with Crippen LogP contribution in [-0.4, -0.2) is 37.0 Å². The van der Waals surface area contributed by atoms with Gasteiger partial charge in [-0.25, -0.2) is 0 Å². The van der Waals surface area contributed by atoms with E-state index >= 15 is 0 Å². The van der Waals surface area contributed by atoms with Crippen LogP contribution in [0.3, 0.4) is 0 Å². The standard InChI is InChI=1S/C16H22N2O/c19-16(18-8-4-1-5-9-18)12-17-11-14-10-13-6-2-3-7-15(13)14/h2-3,6-7,14,17H,1,4-5,8-12H2. The van der Waals surface area contributed by atoms with Crippen molar-refractivity contribution in [2.24, 2.45) is 0 Å². The summed E-state index contributed by atoms with van der Waals surface area (Å²) in [5.74, 6) is 0.873. The smallest absolute Gasteiger partial charge is 0.236 e. The van der Waals surface area contributed by atoms with E-state index < -0.39 is 0 Å². The molecule has 19 heavy (non-hydrogen) atoms. The average Bonchev–Trinajstić information content (AvgIpc) is 2.44. The van der Waals surface area contributed by atoms with Crippen LogP contribution in [-0.2, 0) is 11.2 Å². The lowest BCUT2D eigenvalue weighted by Gasteiger charge is -2.31. The van der Waals surface area contributed by atoms with Crippen molar-refractivity contribution < 1.29 is 4.79 Å². The Morgan fingerprint density at radius 1 is 1.21 bits per heavy atom. The van der Waals surface area contributed by atoms with Gasteiger partial charge in [-0.3, -0.25) is 4.79 Å². The molecule has 1 aromatic rings. The molecule has 1 saturated heterocycles. The molecule has 0 radical (unpaired) electrons. The molecule has 0 spiro atoms. The maximum Gasteiger partial charge on any atom is 0.236 e. The van der Waals surface area contributed by atoms with Gasteiger partial charge in [0, 0.05) is 25.6 Å². The molecule has 1 aliphatic heterocycles. The van der Waals surface area contributed by atoms with Crippen molar-refractivity contribution in [2.75, 3.05) is 26.2 Å². The molecule has 0 bridgehead atoms. The molecule has 102 valence electrons. The second kappa shape index (κ2) is 5.74. The number of rotatable bonds is 4. The normalized spacial score (nSPS) is 21.7. The van der Waals surface area contributed by atoms with Gasteiger partial charge in [0.15, 0.2) is 0 Å². The van der Waals surface area contributed by atoms with Gasteiger partial charge in [-0.05, 0) is 36.8 Å². The van der Waals surface area contributed by atoms with Gasteiger partial charge in [0.2, 0.25) is 5.91 Å². The van der Waals surface area contributed by atoms with E-state index in [2.05, 4.69) is 29.6 Å². The van der Waals surface area contributed by atoms with Gasteiger partial charge in [0.05, 0.1) is 6.54 Å². The van der Waals surface area contributed by atoms with Crippen LogP contribution in [0, 0.1) is 0 Å². The summed E-state index contributed by atoms with van der Waals surface area (Å²) in [6.07, 6.45) is 4.76. The van der Waals surface area contributed by atoms with E-state index in [1.54, 1.807) is 0 Å². The molecule has 3 nitrogen and oxygen atoms in total. The third kappa shape index (κ3) is 2.81. The Morgan fingerprint density at radius 2 is 2.00 bits per heavy atom. The molecule has 1 aromatic carbocycles. The number of carbonyl (C=O) groups excluding carboxylic acids is 1. The van der Waals surface area contributed by atoms with E-state index in [-0.39, 0.29) is 5.91 Å². The fraction of sp³-hybridized carbons (Fsp3) is 0.562. The SMILES string of the molecule is O=C(CNCC1Cc2ccccc21)N1CCCCC1. The fourth-order valence-corrected chi connectivity index (χ4v) is 3.15. The van der Waals surface area contributed by atoms with E-state index in [0.717, 1.165) is 26.1 Å². The number of amides is 1. The molecular weight excluding hydrogens is 236 g/mol. The Kier molecular flexibility index (Phi) is 3.83. The molecular formula is C16H22N2O. The maximum atomic E-state index is 12.0. The van der Waals surface area contributed by atoms with E-state index in [1.165, 1.54) is 30.4 Å². The highest BCUT2D eigenvalue weighted by Crippen LogP contribution is 2.33. The van der Waals surface area contributed by atoms with Crippen molar-refractivity contribution in [2.45, 2.75) is 31.6 Å². The van der Waals surface area contributed by atoms with Crippen molar-refractivity contribution in [1.82, 2.24) is 10.2 Å². The second-order valence-electron chi connectivity index (χ2n) is 5.67. The lowest BCUT2D eigenvalue weighted by atomic mass is 9.77. The lowest BCUT2D eigenvalue weighted by molar-refractivity contribution is -0.131. The number of nitrogens with zero attached hydrogens (tertiary/aromatic N) is 1. The third-order valence-electron chi connectivity index (χ3n) is 4.34. The van der Waals surface area contributed by atoms with Gasteiger partial charge < -0.3 is 10.2 Å². The number of carbonyl (C=O) groups is 1. The number of benzene rings is 1. The molecule has 0 aromatic heterocycles. The van der Waals surface area contributed by atoms with E-state index in [0.29, 0.717) is 12.5 Å². The summed E-state index contributed by atoms with van der Waals surface area (Å²) in [6, 6.07) is 8.61. The zero-order valence-corrected chi connectivity index (χ0v) is 11.4. The van der Waals surface area contributed by atoms with E-state index in [4.69, 9.17) is 0 Å². The first-order valence-corrected chi connectivity index (χ1v) is 7.41. The summed E-state index contributed by atoms with van der Waals surface area (Å²) in [5.41, 5.74) is 2.93. The number of fused-ring (bicyclic) bond motifs is 1. The quantitative estimate of drug-likeness (QED) is 0.895. The minimum absolute atomic E-state index is 0.271. The summed E-state index contributed by atoms with van der Waals surface area (Å²) in [5, 5.41) is 3.33. The van der Waals surface area contributed by atoms with E-state index in [1.807, 2.05) is 4.90 Å². The van der Waals surface area contributed by atoms with Crippen molar-refractivity contribution in [3.05, 3.63) is 35.4 Å². The van der Waals surface area contributed by atoms with Gasteiger partial charge >= 0.3 is 0 Å². The molecule has 1 N–H and O–H groups in total. The zero-order valence-electron chi connectivity index (χ0n) is 11.4. The summed E-state index contributed by atoms with van der Waals surface area (Å²) < 4.78 is 0. The van der Waals surface area contributed by atoms with Crippen molar-refractivity contribution in [3.8, 4) is 0 Å². The minimum Gasteiger partial charge on any atom is -0.342 e. The molecule has 1 atom stereocenters. The first-order valence-electron chi connectivity index (χ1n) is 7.41. The van der Waals surface area contributed by atoms with Gasteiger partial charge in [-0.15, -0.1) is 0 Å². The first-order chi connectivity index (χ1) is 9.34. The third-order valence-corrected chi connectivity index (χ3v) is 4.34. The maximum absolute atomic E-state index is 12.0. The highest BCUT2D eigenvalue weighted by molar-refractivity contribution is 5.78. The fourth-order valence-electron chi connectivity index (χ4n) is 3.15. The van der Waals surface area contributed by atoms with Crippen LogP contribution in [0.5, 0.6) is 0 Å². The summed E-state index contributed by atoms with van der Waals surface area (Å²) in [6.45, 7) is 3.33. The molecule has 1 fully saturated rings. The van der Waals surface area contributed by atoms with Crippen LogP contribution in [0.25, 0.3) is 0 Å². The number of hydrogen-bond acceptors (Lipinski definition) is 2. The van der Waals surface area contributed by atoms with Crippen molar-refractivity contribution >= 4 is 5.91 Å². The van der Waals surface area contributed by atoms with Crippen LogP contribution in [0.1, 0.15) is 36.3 Å². The largest absolute Gasteiger partial charge is 0.342 e. The monoisotopic (exact) mass is 258 g/mol. The number of nitrogens with one attached hydrogen (secondary N) is 1. The van der Waals surface area contributed by atoms with Crippen molar-refractivity contribution in [3.63, 3.8) is 0 Å². The average molecular weight is 258 g/mol. The molecule has 1 amide bonds. The Morgan fingerprint density at radius 3 is 2.79 bits per heavy atom. The minimum atomic E-state index is 0.271. The highest BCUT2D eigenvalue weighted by atomic mass is 16.2. The van der Waals surface area contributed by atoms with Crippen LogP contribution >= 0.6 is 0 Å². The van der Waals surface area contributed by atoms with Crippen LogP contribution in [0.4, 0.5) is 0 Å². The number of likely N-dealkylation sites (tertiary alicyclic amines) is 1.